The van der Waals surface area contributed by atoms with Crippen molar-refractivity contribution in [3.8, 4) is 11.5 Å². The molecule has 0 unspecified atom stereocenters. The summed E-state index contributed by atoms with van der Waals surface area (Å²) < 4.78 is 10.9. The first kappa shape index (κ1) is 20.9. The molecule has 1 heterocycles. The lowest BCUT2D eigenvalue weighted by atomic mass is 9.46. The fraction of sp³-hybridized carbons (Fsp3) is 0.286. The predicted octanol–water partition coefficient (Wildman–Crippen LogP) is 3.64. The highest BCUT2D eigenvalue weighted by Gasteiger charge is 2.69. The van der Waals surface area contributed by atoms with Crippen LogP contribution < -0.4 is 14.4 Å². The molecule has 1 N–H and O–H groups in total. The van der Waals surface area contributed by atoms with Crippen molar-refractivity contribution >= 4 is 17.5 Å². The maximum atomic E-state index is 14.2. The normalized spacial score (nSPS) is 27.2. The summed E-state index contributed by atoms with van der Waals surface area (Å²) >= 11 is 0. The molecule has 3 atom stereocenters. The van der Waals surface area contributed by atoms with E-state index in [2.05, 4.69) is 0 Å². The van der Waals surface area contributed by atoms with Crippen molar-refractivity contribution in [1.82, 2.24) is 0 Å². The zero-order valence-corrected chi connectivity index (χ0v) is 19.2. The Kier molecular flexibility index (Phi) is 4.42. The number of benzene rings is 3. The van der Waals surface area contributed by atoms with E-state index in [1.807, 2.05) is 48.5 Å². The average molecular weight is 456 g/mol. The van der Waals surface area contributed by atoms with Gasteiger partial charge in [-0.15, -0.1) is 0 Å². The topological polar surface area (TPSA) is 76.1 Å². The number of hydrogen-bond donors (Lipinski definition) is 1. The van der Waals surface area contributed by atoms with Crippen LogP contribution in [-0.4, -0.2) is 37.2 Å². The fourth-order valence-corrected chi connectivity index (χ4v) is 6.75. The highest BCUT2D eigenvalue weighted by atomic mass is 16.5. The molecule has 6 heteroatoms. The Morgan fingerprint density at radius 2 is 1.50 bits per heavy atom. The molecule has 4 aliphatic rings. The van der Waals surface area contributed by atoms with Gasteiger partial charge in [0.15, 0.2) is 0 Å². The summed E-state index contributed by atoms with van der Waals surface area (Å²) in [6.45, 7) is 1.73. The van der Waals surface area contributed by atoms with Crippen molar-refractivity contribution in [3.05, 3.63) is 89.0 Å². The number of rotatable bonds is 4. The smallest absolute Gasteiger partial charge is 0.239 e. The van der Waals surface area contributed by atoms with E-state index < -0.39 is 23.4 Å². The van der Waals surface area contributed by atoms with Crippen molar-refractivity contribution in [1.29, 1.82) is 0 Å². The quantitative estimate of drug-likeness (QED) is 0.608. The van der Waals surface area contributed by atoms with Gasteiger partial charge in [0.1, 0.15) is 11.5 Å². The van der Waals surface area contributed by atoms with Gasteiger partial charge < -0.3 is 14.6 Å². The largest absolute Gasteiger partial charge is 0.497 e. The molecule has 1 saturated heterocycles. The molecule has 0 saturated carbocycles. The van der Waals surface area contributed by atoms with Gasteiger partial charge in [-0.1, -0.05) is 48.5 Å². The lowest BCUT2D eigenvalue weighted by Crippen LogP contribution is -2.58. The average Bonchev–Trinajstić information content (AvgIpc) is 3.13. The van der Waals surface area contributed by atoms with Gasteiger partial charge in [0, 0.05) is 12.0 Å². The lowest BCUT2D eigenvalue weighted by molar-refractivity contribution is -0.126. The summed E-state index contributed by atoms with van der Waals surface area (Å²) in [6, 6.07) is 20.9. The van der Waals surface area contributed by atoms with Gasteiger partial charge in [0.2, 0.25) is 11.8 Å². The number of hydrogen-bond acceptors (Lipinski definition) is 5. The molecule has 2 amide bonds. The minimum atomic E-state index is -1.03. The van der Waals surface area contributed by atoms with E-state index in [-0.39, 0.29) is 17.7 Å². The first-order valence-corrected chi connectivity index (χ1v) is 11.4. The van der Waals surface area contributed by atoms with Crippen LogP contribution >= 0.6 is 0 Å². The van der Waals surface area contributed by atoms with Gasteiger partial charge in [-0.3, -0.25) is 9.59 Å². The van der Waals surface area contributed by atoms with Crippen LogP contribution in [0.25, 0.3) is 0 Å². The van der Waals surface area contributed by atoms with Gasteiger partial charge in [-0.05, 0) is 41.3 Å². The van der Waals surface area contributed by atoms with Gasteiger partial charge >= 0.3 is 0 Å². The van der Waals surface area contributed by atoms with Crippen molar-refractivity contribution in [2.24, 2.45) is 11.8 Å². The minimum absolute atomic E-state index is 0.268. The molecule has 1 aliphatic heterocycles. The Hall–Kier alpha value is -3.64. The van der Waals surface area contributed by atoms with Crippen LogP contribution in [0.2, 0.25) is 0 Å². The molecule has 0 spiro atoms. The number of nitrogens with zero attached hydrogens (tertiary/aromatic N) is 1. The Labute approximate surface area is 197 Å². The number of carbonyl (C=O) groups is 2. The third-order valence-electron chi connectivity index (χ3n) is 7.97. The Morgan fingerprint density at radius 1 is 0.882 bits per heavy atom. The van der Waals surface area contributed by atoms with Crippen LogP contribution in [0.3, 0.4) is 0 Å². The van der Waals surface area contributed by atoms with E-state index in [0.29, 0.717) is 17.2 Å². The maximum Gasteiger partial charge on any atom is 0.239 e. The third-order valence-corrected chi connectivity index (χ3v) is 7.97. The Morgan fingerprint density at radius 3 is 2.06 bits per heavy atom. The number of anilines is 1. The zero-order valence-electron chi connectivity index (χ0n) is 19.2. The summed E-state index contributed by atoms with van der Waals surface area (Å²) in [7, 11) is 3.05. The number of methoxy groups -OCH3 is 2. The molecular formula is C28H25NO5. The monoisotopic (exact) mass is 455 g/mol. The minimum Gasteiger partial charge on any atom is -0.497 e. The molecule has 2 bridgehead atoms. The van der Waals surface area contributed by atoms with Crippen molar-refractivity contribution in [2.75, 3.05) is 19.1 Å². The molecule has 6 nitrogen and oxygen atoms in total. The molecule has 0 aromatic heterocycles. The van der Waals surface area contributed by atoms with Crippen molar-refractivity contribution < 1.29 is 24.2 Å². The van der Waals surface area contributed by atoms with Gasteiger partial charge in [-0.2, -0.15) is 0 Å². The summed E-state index contributed by atoms with van der Waals surface area (Å²) in [6.07, 6.45) is -0.896. The molecule has 3 aromatic carbocycles. The van der Waals surface area contributed by atoms with Crippen LogP contribution in [0.5, 0.6) is 11.5 Å². The van der Waals surface area contributed by atoms with Crippen LogP contribution in [0.1, 0.15) is 35.1 Å². The molecule has 172 valence electrons. The summed E-state index contributed by atoms with van der Waals surface area (Å²) in [5.41, 5.74) is 3.19. The molecular weight excluding hydrogens is 430 g/mol. The second kappa shape index (κ2) is 7.18. The van der Waals surface area contributed by atoms with Crippen molar-refractivity contribution in [3.63, 3.8) is 0 Å². The van der Waals surface area contributed by atoms with Gasteiger partial charge in [-0.25, -0.2) is 4.90 Å². The Bertz CT molecular complexity index is 1300. The van der Waals surface area contributed by atoms with Gasteiger partial charge in [0.05, 0.1) is 43.3 Å². The third kappa shape index (κ3) is 2.33. The fourth-order valence-electron chi connectivity index (χ4n) is 6.75. The summed E-state index contributed by atoms with van der Waals surface area (Å²) in [5.74, 6) is -1.29. The first-order chi connectivity index (χ1) is 16.5. The lowest BCUT2D eigenvalue weighted by Gasteiger charge is -2.55. The van der Waals surface area contributed by atoms with E-state index >= 15 is 0 Å². The van der Waals surface area contributed by atoms with E-state index in [1.54, 1.807) is 25.1 Å². The van der Waals surface area contributed by atoms with Crippen LogP contribution in [0, 0.1) is 11.8 Å². The second-order valence-corrected chi connectivity index (χ2v) is 9.25. The second-order valence-electron chi connectivity index (χ2n) is 9.25. The standard InChI is InChI=1S/C28H25NO5/c1-15(30)28-19-10-6-4-8-17(19)23(18-9-5-7-11-20(18)28)24-25(28)27(32)29(26(24)31)21-14-16(33-2)12-13-22(21)34-3/h4-15,23-25,30H,1-3H3/t15-,23?,24+,25-,28?/m0/s1. The van der Waals surface area contributed by atoms with E-state index in [0.717, 1.165) is 22.3 Å². The summed E-state index contributed by atoms with van der Waals surface area (Å²) in [4.78, 5) is 29.6. The predicted molar refractivity (Wildman–Crippen MR) is 126 cm³/mol. The van der Waals surface area contributed by atoms with Crippen LogP contribution in [-0.2, 0) is 15.0 Å². The number of amides is 2. The molecule has 34 heavy (non-hydrogen) atoms. The molecule has 1 fully saturated rings. The highest BCUT2D eigenvalue weighted by molar-refractivity contribution is 6.24. The molecule has 7 rings (SSSR count). The first-order valence-electron chi connectivity index (χ1n) is 11.4. The van der Waals surface area contributed by atoms with Crippen LogP contribution in [0.4, 0.5) is 5.69 Å². The zero-order chi connectivity index (χ0) is 23.8. The number of imide groups is 1. The SMILES string of the molecule is COc1ccc(OC)c(N2C(=O)[C@@H]3C4c5ccccc5C([C@H](C)O)(c5ccccc54)[C@@H]3C2=O)c1. The van der Waals surface area contributed by atoms with Crippen LogP contribution in [0.15, 0.2) is 66.7 Å². The maximum absolute atomic E-state index is 14.2. The summed E-state index contributed by atoms with van der Waals surface area (Å²) in [5, 5.41) is 11.4. The number of aliphatic hydroxyl groups excluding tert-OH is 1. The van der Waals surface area contributed by atoms with E-state index in [4.69, 9.17) is 9.47 Å². The number of carbonyl (C=O) groups excluding carboxylic acids is 2. The molecule has 3 aliphatic carbocycles. The number of aliphatic hydroxyl groups is 1. The van der Waals surface area contributed by atoms with E-state index in [9.17, 15) is 14.7 Å². The highest BCUT2D eigenvalue weighted by Crippen LogP contribution is 2.65. The molecule has 0 radical (unpaired) electrons. The van der Waals surface area contributed by atoms with Crippen molar-refractivity contribution in [2.45, 2.75) is 24.4 Å². The van der Waals surface area contributed by atoms with Gasteiger partial charge in [0.25, 0.3) is 0 Å². The number of ether oxygens (including phenoxy) is 2. The molecule has 3 aromatic rings. The Balaban J connectivity index is 1.64. The van der Waals surface area contributed by atoms with E-state index in [1.165, 1.54) is 19.1 Å².